The lowest BCUT2D eigenvalue weighted by Crippen LogP contribution is -2.53. The molecule has 0 aromatic carbocycles. The fourth-order valence-corrected chi connectivity index (χ4v) is 2.69. The fraction of sp³-hybridized carbons (Fsp3) is 0.846. The van der Waals surface area contributed by atoms with Crippen LogP contribution < -0.4 is 5.32 Å². The van der Waals surface area contributed by atoms with E-state index < -0.39 is 12.0 Å². The number of likely N-dealkylation sites (N-methyl/N-ethyl adjacent to an activating group) is 1. The number of aliphatic carboxylic acids is 1. The van der Waals surface area contributed by atoms with Crippen LogP contribution in [0.1, 0.15) is 46.0 Å². The van der Waals surface area contributed by atoms with Crippen LogP contribution >= 0.6 is 0 Å². The third kappa shape index (κ3) is 3.22. The predicted octanol–water partition coefficient (Wildman–Crippen LogP) is 1.23. The Morgan fingerprint density at radius 2 is 2.22 bits per heavy atom. The van der Waals surface area contributed by atoms with Crippen molar-refractivity contribution in [1.82, 2.24) is 10.2 Å². The molecular weight excluding hydrogens is 232 g/mol. The van der Waals surface area contributed by atoms with Crippen molar-refractivity contribution in [3.63, 3.8) is 0 Å². The van der Waals surface area contributed by atoms with Gasteiger partial charge in [0.05, 0.1) is 6.04 Å². The van der Waals surface area contributed by atoms with E-state index in [2.05, 4.69) is 12.2 Å². The number of hydrogen-bond acceptors (Lipinski definition) is 3. The van der Waals surface area contributed by atoms with Crippen molar-refractivity contribution in [2.45, 2.75) is 64.1 Å². The Labute approximate surface area is 109 Å². The lowest BCUT2D eigenvalue weighted by atomic mass is 10.0. The van der Waals surface area contributed by atoms with Crippen LogP contribution in [-0.4, -0.2) is 47.1 Å². The average Bonchev–Trinajstić information content (AvgIpc) is 2.48. The van der Waals surface area contributed by atoms with Crippen LogP contribution in [0.25, 0.3) is 0 Å². The number of nitrogens with one attached hydrogen (secondary N) is 1. The fourth-order valence-electron chi connectivity index (χ4n) is 2.69. The van der Waals surface area contributed by atoms with Crippen molar-refractivity contribution < 1.29 is 14.7 Å². The highest BCUT2D eigenvalue weighted by atomic mass is 16.4. The summed E-state index contributed by atoms with van der Waals surface area (Å²) in [6, 6.07) is -0.927. The number of carboxylic acids is 1. The van der Waals surface area contributed by atoms with Gasteiger partial charge in [0.15, 0.2) is 0 Å². The minimum absolute atomic E-state index is 0.0620. The second kappa shape index (κ2) is 6.73. The number of hydrogen-bond donors (Lipinski definition) is 2. The first-order valence-corrected chi connectivity index (χ1v) is 6.75. The molecular formula is C13H24N2O3. The maximum absolute atomic E-state index is 12.4. The van der Waals surface area contributed by atoms with Crippen molar-refractivity contribution in [3.8, 4) is 0 Å². The topological polar surface area (TPSA) is 69.6 Å². The van der Waals surface area contributed by atoms with Gasteiger partial charge in [0.25, 0.3) is 0 Å². The number of carbonyl (C=O) groups is 2. The highest BCUT2D eigenvalue weighted by molar-refractivity contribution is 5.87. The van der Waals surface area contributed by atoms with E-state index in [1.165, 1.54) is 0 Å². The van der Waals surface area contributed by atoms with Crippen LogP contribution in [0, 0.1) is 0 Å². The van der Waals surface area contributed by atoms with Crippen molar-refractivity contribution >= 4 is 11.9 Å². The second-order valence-electron chi connectivity index (χ2n) is 4.97. The first-order valence-electron chi connectivity index (χ1n) is 6.75. The van der Waals surface area contributed by atoms with Crippen LogP contribution in [0.4, 0.5) is 0 Å². The summed E-state index contributed by atoms with van der Waals surface area (Å²) in [5.41, 5.74) is 0. The van der Waals surface area contributed by atoms with Crippen LogP contribution in [0.3, 0.4) is 0 Å². The Morgan fingerprint density at radius 1 is 1.56 bits per heavy atom. The van der Waals surface area contributed by atoms with Gasteiger partial charge in [-0.3, -0.25) is 4.79 Å². The Kier molecular flexibility index (Phi) is 5.59. The Balaban J connectivity index is 2.97. The molecule has 2 N–H and O–H groups in total. The predicted molar refractivity (Wildman–Crippen MR) is 69.3 cm³/mol. The average molecular weight is 256 g/mol. The van der Waals surface area contributed by atoms with Gasteiger partial charge < -0.3 is 15.3 Å². The number of carboxylic acid groups (broad SMARTS) is 1. The molecule has 1 amide bonds. The van der Waals surface area contributed by atoms with E-state index >= 15 is 0 Å². The molecule has 0 spiro atoms. The van der Waals surface area contributed by atoms with E-state index in [0.29, 0.717) is 0 Å². The summed E-state index contributed by atoms with van der Waals surface area (Å²) < 4.78 is 0. The van der Waals surface area contributed by atoms with E-state index in [-0.39, 0.29) is 18.0 Å². The van der Waals surface area contributed by atoms with E-state index in [1.54, 1.807) is 18.9 Å². The van der Waals surface area contributed by atoms with Gasteiger partial charge in [0, 0.05) is 6.04 Å². The van der Waals surface area contributed by atoms with Gasteiger partial charge in [-0.15, -0.1) is 0 Å². The molecule has 0 aromatic heterocycles. The third-order valence-corrected chi connectivity index (χ3v) is 3.72. The highest BCUT2D eigenvalue weighted by Crippen LogP contribution is 2.24. The lowest BCUT2D eigenvalue weighted by Gasteiger charge is -2.34. The maximum Gasteiger partial charge on any atom is 0.326 e. The molecule has 1 heterocycles. The van der Waals surface area contributed by atoms with Crippen LogP contribution in [0.2, 0.25) is 0 Å². The van der Waals surface area contributed by atoms with Gasteiger partial charge in [0.2, 0.25) is 5.91 Å². The summed E-state index contributed by atoms with van der Waals surface area (Å²) >= 11 is 0. The summed E-state index contributed by atoms with van der Waals surface area (Å²) in [5.74, 6) is -0.996. The molecule has 0 radical (unpaired) electrons. The van der Waals surface area contributed by atoms with Gasteiger partial charge in [-0.2, -0.15) is 0 Å². The standard InChI is InChI=1S/C13H24N2O3/c1-4-6-10-7-5-8-11(14-3)12(16)15(10)9(2)13(17)18/h9-11,14H,4-8H2,1-3H3,(H,17,18). The van der Waals surface area contributed by atoms with E-state index in [4.69, 9.17) is 0 Å². The largest absolute Gasteiger partial charge is 0.480 e. The summed E-state index contributed by atoms with van der Waals surface area (Å²) in [5, 5.41) is 12.2. The van der Waals surface area contributed by atoms with E-state index in [0.717, 1.165) is 32.1 Å². The van der Waals surface area contributed by atoms with E-state index in [9.17, 15) is 14.7 Å². The first-order chi connectivity index (χ1) is 8.52. The normalized spacial score (nSPS) is 26.8. The Bertz CT molecular complexity index is 307. The highest BCUT2D eigenvalue weighted by Gasteiger charge is 2.37. The lowest BCUT2D eigenvalue weighted by molar-refractivity contribution is -0.152. The van der Waals surface area contributed by atoms with Gasteiger partial charge >= 0.3 is 5.97 Å². The Hall–Kier alpha value is -1.10. The summed E-state index contributed by atoms with van der Waals surface area (Å²) in [6.45, 7) is 3.66. The van der Waals surface area contributed by atoms with Gasteiger partial charge in [0.1, 0.15) is 6.04 Å². The third-order valence-electron chi connectivity index (χ3n) is 3.72. The Morgan fingerprint density at radius 3 is 2.72 bits per heavy atom. The maximum atomic E-state index is 12.4. The molecule has 0 aromatic rings. The molecule has 5 nitrogen and oxygen atoms in total. The van der Waals surface area contributed by atoms with Crippen LogP contribution in [0.15, 0.2) is 0 Å². The molecule has 1 aliphatic rings. The zero-order chi connectivity index (χ0) is 13.7. The molecule has 0 saturated carbocycles. The second-order valence-corrected chi connectivity index (χ2v) is 4.97. The quantitative estimate of drug-likeness (QED) is 0.776. The molecule has 5 heteroatoms. The van der Waals surface area contributed by atoms with Crippen LogP contribution in [0.5, 0.6) is 0 Å². The van der Waals surface area contributed by atoms with Crippen molar-refractivity contribution in [2.75, 3.05) is 7.05 Å². The van der Waals surface area contributed by atoms with E-state index in [1.807, 2.05) is 0 Å². The van der Waals surface area contributed by atoms with Gasteiger partial charge in [-0.1, -0.05) is 13.3 Å². The zero-order valence-electron chi connectivity index (χ0n) is 11.5. The number of nitrogens with zero attached hydrogens (tertiary/aromatic N) is 1. The molecule has 0 bridgehead atoms. The molecule has 1 aliphatic heterocycles. The molecule has 104 valence electrons. The number of carbonyl (C=O) groups excluding carboxylic acids is 1. The van der Waals surface area contributed by atoms with Gasteiger partial charge in [-0.25, -0.2) is 4.79 Å². The monoisotopic (exact) mass is 256 g/mol. The summed E-state index contributed by atoms with van der Waals surface area (Å²) in [6.07, 6.45) is 4.49. The molecule has 3 atom stereocenters. The molecule has 1 rings (SSSR count). The SMILES string of the molecule is CCCC1CCCC(NC)C(=O)N1C(C)C(=O)O. The van der Waals surface area contributed by atoms with Gasteiger partial charge in [-0.05, 0) is 39.7 Å². The molecule has 1 fully saturated rings. The minimum Gasteiger partial charge on any atom is -0.480 e. The zero-order valence-corrected chi connectivity index (χ0v) is 11.5. The molecule has 3 unspecified atom stereocenters. The smallest absolute Gasteiger partial charge is 0.326 e. The molecule has 1 saturated heterocycles. The summed E-state index contributed by atoms with van der Waals surface area (Å²) in [4.78, 5) is 25.2. The number of rotatable bonds is 5. The number of likely N-dealkylation sites (tertiary alicyclic amines) is 1. The number of amides is 1. The first kappa shape index (κ1) is 15.0. The molecule has 0 aliphatic carbocycles. The van der Waals surface area contributed by atoms with Crippen molar-refractivity contribution in [3.05, 3.63) is 0 Å². The van der Waals surface area contributed by atoms with Crippen LogP contribution in [-0.2, 0) is 9.59 Å². The van der Waals surface area contributed by atoms with Crippen molar-refractivity contribution in [1.29, 1.82) is 0 Å². The summed E-state index contributed by atoms with van der Waals surface area (Å²) in [7, 11) is 1.76. The molecule has 18 heavy (non-hydrogen) atoms. The van der Waals surface area contributed by atoms with Crippen molar-refractivity contribution in [2.24, 2.45) is 0 Å². The minimum atomic E-state index is -0.929.